The third kappa shape index (κ3) is 3.08. The largest absolute Gasteiger partial charge is 0.300 e. The average Bonchev–Trinajstić information content (AvgIpc) is 2.28. The zero-order valence-corrected chi connectivity index (χ0v) is 13.1. The summed E-state index contributed by atoms with van der Waals surface area (Å²) in [6.07, 6.45) is 5.70. The Morgan fingerprint density at radius 2 is 1.56 bits per heavy atom. The van der Waals surface area contributed by atoms with Crippen molar-refractivity contribution in [1.29, 1.82) is 0 Å². The summed E-state index contributed by atoms with van der Waals surface area (Å²) in [6, 6.07) is 0.725. The Morgan fingerprint density at radius 1 is 0.944 bits per heavy atom. The fraction of sp³-hybridized carbons (Fsp3) is 1.00. The number of hydrogen-bond acceptors (Lipinski definition) is 2. The zero-order chi connectivity index (χ0) is 13.4. The van der Waals surface area contributed by atoms with Crippen molar-refractivity contribution in [3.8, 4) is 0 Å². The lowest BCUT2D eigenvalue weighted by molar-refractivity contribution is -0.0123. The van der Waals surface area contributed by atoms with E-state index in [2.05, 4.69) is 44.4 Å². The highest BCUT2D eigenvalue weighted by Gasteiger charge is 2.40. The monoisotopic (exact) mass is 252 g/mol. The van der Waals surface area contributed by atoms with Crippen LogP contribution in [0.4, 0.5) is 0 Å². The van der Waals surface area contributed by atoms with Crippen LogP contribution in [0.15, 0.2) is 0 Å². The van der Waals surface area contributed by atoms with E-state index in [9.17, 15) is 0 Å². The van der Waals surface area contributed by atoms with Gasteiger partial charge in [0.05, 0.1) is 0 Å². The van der Waals surface area contributed by atoms with E-state index in [1.54, 1.807) is 0 Å². The lowest BCUT2D eigenvalue weighted by Crippen LogP contribution is -2.54. The summed E-state index contributed by atoms with van der Waals surface area (Å²) in [7, 11) is 0. The van der Waals surface area contributed by atoms with Gasteiger partial charge in [0.1, 0.15) is 0 Å². The molecule has 2 nitrogen and oxygen atoms in total. The second kappa shape index (κ2) is 5.13. The van der Waals surface area contributed by atoms with Gasteiger partial charge >= 0.3 is 0 Å². The molecule has 2 heterocycles. The lowest BCUT2D eigenvalue weighted by Gasteiger charge is -2.51. The Balaban J connectivity index is 1.95. The van der Waals surface area contributed by atoms with Crippen molar-refractivity contribution in [2.75, 3.05) is 26.2 Å². The summed E-state index contributed by atoms with van der Waals surface area (Å²) in [5, 5.41) is 0. The molecule has 1 spiro atoms. The molecule has 2 fully saturated rings. The van der Waals surface area contributed by atoms with Crippen molar-refractivity contribution in [2.45, 2.75) is 71.9 Å². The molecule has 18 heavy (non-hydrogen) atoms. The van der Waals surface area contributed by atoms with Crippen LogP contribution in [0.2, 0.25) is 0 Å². The Hall–Kier alpha value is -0.0800. The average molecular weight is 252 g/mol. The molecule has 2 saturated heterocycles. The Morgan fingerprint density at radius 3 is 2.06 bits per heavy atom. The topological polar surface area (TPSA) is 6.48 Å². The van der Waals surface area contributed by atoms with Gasteiger partial charge in [-0.15, -0.1) is 0 Å². The van der Waals surface area contributed by atoms with Gasteiger partial charge in [0, 0.05) is 18.1 Å². The summed E-state index contributed by atoms with van der Waals surface area (Å²) >= 11 is 0. The highest BCUT2D eigenvalue weighted by atomic mass is 15.2. The minimum Gasteiger partial charge on any atom is -0.300 e. The predicted octanol–water partition coefficient (Wildman–Crippen LogP) is 3.37. The van der Waals surface area contributed by atoms with Gasteiger partial charge in [-0.1, -0.05) is 0 Å². The molecule has 0 aromatic rings. The van der Waals surface area contributed by atoms with Crippen molar-refractivity contribution in [2.24, 2.45) is 5.41 Å². The molecule has 2 aliphatic rings. The van der Waals surface area contributed by atoms with Crippen molar-refractivity contribution in [3.05, 3.63) is 0 Å². The normalized spacial score (nSPS) is 27.0. The van der Waals surface area contributed by atoms with Crippen LogP contribution in [0.25, 0.3) is 0 Å². The fourth-order valence-electron chi connectivity index (χ4n) is 3.75. The minimum atomic E-state index is 0.355. The summed E-state index contributed by atoms with van der Waals surface area (Å²) in [4.78, 5) is 5.38. The second-order valence-electron chi connectivity index (χ2n) is 7.83. The summed E-state index contributed by atoms with van der Waals surface area (Å²) in [5.74, 6) is 0. The first-order valence-electron chi connectivity index (χ1n) is 7.82. The van der Waals surface area contributed by atoms with Crippen LogP contribution in [0, 0.1) is 5.41 Å². The van der Waals surface area contributed by atoms with Gasteiger partial charge in [0.2, 0.25) is 0 Å². The first kappa shape index (κ1) is 14.3. The van der Waals surface area contributed by atoms with Gasteiger partial charge in [0.15, 0.2) is 0 Å². The number of nitrogens with zero attached hydrogens (tertiary/aromatic N) is 2. The summed E-state index contributed by atoms with van der Waals surface area (Å²) < 4.78 is 0. The molecule has 0 atom stereocenters. The fourth-order valence-corrected chi connectivity index (χ4v) is 3.75. The standard InChI is InChI=1S/C16H32N2/c1-14(2)17-10-6-7-16(13-17)8-11-18(12-9-16)15(3,4)5/h14H,6-13H2,1-5H3. The SMILES string of the molecule is CC(C)N1CCCC2(CCN(C(C)(C)C)CC2)C1. The Kier molecular flexibility index (Phi) is 4.08. The van der Waals surface area contributed by atoms with Gasteiger partial charge in [-0.25, -0.2) is 0 Å². The molecule has 0 N–H and O–H groups in total. The molecule has 2 rings (SSSR count). The number of hydrogen-bond donors (Lipinski definition) is 0. The predicted molar refractivity (Wildman–Crippen MR) is 78.9 cm³/mol. The number of likely N-dealkylation sites (tertiary alicyclic amines) is 2. The van der Waals surface area contributed by atoms with Crippen LogP contribution in [0.5, 0.6) is 0 Å². The Labute approximate surface area is 114 Å². The minimum absolute atomic E-state index is 0.355. The van der Waals surface area contributed by atoms with E-state index in [0.717, 1.165) is 6.04 Å². The van der Waals surface area contributed by atoms with Crippen LogP contribution in [0.3, 0.4) is 0 Å². The maximum absolute atomic E-state index is 2.70. The third-order valence-electron chi connectivity index (χ3n) is 5.19. The van der Waals surface area contributed by atoms with Gasteiger partial charge < -0.3 is 4.90 Å². The molecule has 2 aliphatic heterocycles. The summed E-state index contributed by atoms with van der Waals surface area (Å²) in [5.41, 5.74) is 0.998. The van der Waals surface area contributed by atoms with E-state index in [1.165, 1.54) is 51.9 Å². The maximum atomic E-state index is 2.70. The molecule has 0 bridgehead atoms. The van der Waals surface area contributed by atoms with Crippen molar-refractivity contribution in [1.82, 2.24) is 9.80 Å². The molecule has 0 aliphatic carbocycles. The van der Waals surface area contributed by atoms with Crippen LogP contribution >= 0.6 is 0 Å². The van der Waals surface area contributed by atoms with E-state index < -0.39 is 0 Å². The lowest BCUT2D eigenvalue weighted by atomic mass is 9.71. The highest BCUT2D eigenvalue weighted by Crippen LogP contribution is 2.41. The summed E-state index contributed by atoms with van der Waals surface area (Å²) in [6.45, 7) is 17.0. The highest BCUT2D eigenvalue weighted by molar-refractivity contribution is 4.94. The van der Waals surface area contributed by atoms with Crippen molar-refractivity contribution < 1.29 is 0 Å². The molecule has 0 radical (unpaired) electrons. The molecule has 106 valence electrons. The molecule has 0 aromatic heterocycles. The van der Waals surface area contributed by atoms with E-state index in [-0.39, 0.29) is 0 Å². The van der Waals surface area contributed by atoms with Gasteiger partial charge in [0.25, 0.3) is 0 Å². The van der Waals surface area contributed by atoms with Crippen molar-refractivity contribution in [3.63, 3.8) is 0 Å². The van der Waals surface area contributed by atoms with Gasteiger partial charge in [-0.05, 0) is 85.4 Å². The van der Waals surface area contributed by atoms with E-state index in [4.69, 9.17) is 0 Å². The molecular formula is C16H32N2. The number of piperidine rings is 2. The van der Waals surface area contributed by atoms with E-state index in [1.807, 2.05) is 0 Å². The number of rotatable bonds is 1. The molecule has 0 unspecified atom stereocenters. The van der Waals surface area contributed by atoms with E-state index in [0.29, 0.717) is 11.0 Å². The van der Waals surface area contributed by atoms with Crippen LogP contribution in [-0.4, -0.2) is 47.6 Å². The molecule has 2 heteroatoms. The quantitative estimate of drug-likeness (QED) is 0.706. The van der Waals surface area contributed by atoms with Gasteiger partial charge in [-0.2, -0.15) is 0 Å². The Bertz CT molecular complexity index is 269. The van der Waals surface area contributed by atoms with Gasteiger partial charge in [-0.3, -0.25) is 4.90 Å². The molecule has 0 amide bonds. The van der Waals surface area contributed by atoms with Crippen LogP contribution in [0.1, 0.15) is 60.3 Å². The van der Waals surface area contributed by atoms with Crippen LogP contribution < -0.4 is 0 Å². The first-order chi connectivity index (χ1) is 8.32. The molecule has 0 aromatic carbocycles. The molecular weight excluding hydrogens is 220 g/mol. The van der Waals surface area contributed by atoms with Crippen LogP contribution in [-0.2, 0) is 0 Å². The second-order valence-corrected chi connectivity index (χ2v) is 7.83. The smallest absolute Gasteiger partial charge is 0.0125 e. The van der Waals surface area contributed by atoms with Crippen molar-refractivity contribution >= 4 is 0 Å². The first-order valence-corrected chi connectivity index (χ1v) is 7.82. The maximum Gasteiger partial charge on any atom is 0.0125 e. The van der Waals surface area contributed by atoms with E-state index >= 15 is 0 Å². The molecule has 0 saturated carbocycles. The third-order valence-corrected chi connectivity index (χ3v) is 5.19. The zero-order valence-electron chi connectivity index (χ0n) is 13.1.